The van der Waals surface area contributed by atoms with Gasteiger partial charge in [-0.1, -0.05) is 37.3 Å². The van der Waals surface area contributed by atoms with Gasteiger partial charge in [-0.3, -0.25) is 0 Å². The Bertz CT molecular complexity index is 127. The average molecular weight is 152 g/mol. The maximum absolute atomic E-state index is 2.24. The highest BCUT2D eigenvalue weighted by Gasteiger charge is 2.13. The summed E-state index contributed by atoms with van der Waals surface area (Å²) in [6.45, 7) is 4.39. The molecule has 0 aromatic carbocycles. The number of allylic oxidation sites excluding steroid dienone is 2. The monoisotopic (exact) mass is 152 g/mol. The Morgan fingerprint density at radius 3 is 2.55 bits per heavy atom. The lowest BCUT2D eigenvalue weighted by Crippen LogP contribution is -1.92. The Morgan fingerprint density at radius 2 is 2.00 bits per heavy atom. The van der Waals surface area contributed by atoms with E-state index >= 15 is 0 Å². The molecule has 1 fully saturated rings. The van der Waals surface area contributed by atoms with Gasteiger partial charge >= 0.3 is 0 Å². The van der Waals surface area contributed by atoms with Crippen LogP contribution >= 0.6 is 0 Å². The van der Waals surface area contributed by atoms with Crippen LogP contribution in [0, 0.1) is 5.92 Å². The minimum atomic E-state index is 1.06. The van der Waals surface area contributed by atoms with Gasteiger partial charge in [0.2, 0.25) is 0 Å². The van der Waals surface area contributed by atoms with Gasteiger partial charge in [0.25, 0.3) is 0 Å². The van der Waals surface area contributed by atoms with Gasteiger partial charge in [0.15, 0.2) is 0 Å². The first-order valence-electron chi connectivity index (χ1n) is 4.94. The Hall–Kier alpha value is -0.260. The zero-order chi connectivity index (χ0) is 8.10. The van der Waals surface area contributed by atoms with Crippen LogP contribution in [0.15, 0.2) is 11.6 Å². The van der Waals surface area contributed by atoms with E-state index < -0.39 is 0 Å². The van der Waals surface area contributed by atoms with Crippen LogP contribution in [0.4, 0.5) is 0 Å². The molecule has 1 aliphatic rings. The summed E-state index contributed by atoms with van der Waals surface area (Å²) >= 11 is 0. The van der Waals surface area contributed by atoms with E-state index in [1.54, 1.807) is 5.57 Å². The highest BCUT2D eigenvalue weighted by Crippen LogP contribution is 2.29. The summed E-state index contributed by atoms with van der Waals surface area (Å²) < 4.78 is 0. The van der Waals surface area contributed by atoms with Gasteiger partial charge in [0.05, 0.1) is 0 Å². The van der Waals surface area contributed by atoms with Gasteiger partial charge in [0, 0.05) is 0 Å². The van der Waals surface area contributed by atoms with Crippen molar-refractivity contribution in [3.8, 4) is 0 Å². The Kier molecular flexibility index (Phi) is 3.68. The molecule has 0 aromatic heterocycles. The zero-order valence-electron chi connectivity index (χ0n) is 7.90. The molecule has 0 bridgehead atoms. The highest BCUT2D eigenvalue weighted by atomic mass is 14.2. The van der Waals surface area contributed by atoms with Gasteiger partial charge in [-0.05, 0) is 32.6 Å². The first kappa shape index (κ1) is 8.83. The first-order valence-corrected chi connectivity index (χ1v) is 4.94. The van der Waals surface area contributed by atoms with E-state index in [0.29, 0.717) is 0 Å². The zero-order valence-corrected chi connectivity index (χ0v) is 7.90. The average Bonchev–Trinajstić information content (AvgIpc) is 2.52. The van der Waals surface area contributed by atoms with Crippen molar-refractivity contribution in [2.24, 2.45) is 5.92 Å². The van der Waals surface area contributed by atoms with Gasteiger partial charge < -0.3 is 0 Å². The summed E-state index contributed by atoms with van der Waals surface area (Å²) in [4.78, 5) is 0. The number of hydrogen-bond acceptors (Lipinski definition) is 0. The van der Waals surface area contributed by atoms with E-state index in [2.05, 4.69) is 19.9 Å². The lowest BCUT2D eigenvalue weighted by molar-refractivity contribution is 0.502. The first-order chi connectivity index (χ1) is 5.33. The van der Waals surface area contributed by atoms with E-state index in [1.807, 2.05) is 0 Å². The van der Waals surface area contributed by atoms with Crippen molar-refractivity contribution in [2.75, 3.05) is 0 Å². The maximum atomic E-state index is 2.24. The molecule has 0 heteroatoms. The maximum Gasteiger partial charge on any atom is -0.0321 e. The molecule has 0 radical (unpaired) electrons. The molecule has 11 heavy (non-hydrogen) atoms. The molecular formula is C11H20. The molecule has 0 spiro atoms. The van der Waals surface area contributed by atoms with Crippen LogP contribution in [-0.2, 0) is 0 Å². The second-order valence-corrected chi connectivity index (χ2v) is 3.82. The predicted octanol–water partition coefficient (Wildman–Crippen LogP) is 3.92. The topological polar surface area (TPSA) is 0 Å². The summed E-state index contributed by atoms with van der Waals surface area (Å²) in [5.41, 5.74) is 1.57. The normalized spacial score (nSPS) is 21.1. The fourth-order valence-corrected chi connectivity index (χ4v) is 1.88. The molecule has 0 amide bonds. The third-order valence-electron chi connectivity index (χ3n) is 2.91. The Labute approximate surface area is 70.7 Å². The number of hydrogen-bond donors (Lipinski definition) is 0. The van der Waals surface area contributed by atoms with Crippen molar-refractivity contribution >= 4 is 0 Å². The molecule has 0 atom stereocenters. The van der Waals surface area contributed by atoms with Crippen LogP contribution in [0.2, 0.25) is 0 Å². The molecule has 1 aliphatic carbocycles. The summed E-state index contributed by atoms with van der Waals surface area (Å²) in [5, 5.41) is 0. The molecule has 1 saturated carbocycles. The molecule has 0 nitrogen and oxygen atoms in total. The van der Waals surface area contributed by atoms with Crippen LogP contribution in [0.5, 0.6) is 0 Å². The molecule has 0 unspecified atom stereocenters. The van der Waals surface area contributed by atoms with Crippen molar-refractivity contribution < 1.29 is 0 Å². The fourth-order valence-electron chi connectivity index (χ4n) is 1.88. The van der Waals surface area contributed by atoms with Crippen molar-refractivity contribution in [3.05, 3.63) is 11.6 Å². The van der Waals surface area contributed by atoms with E-state index in [0.717, 1.165) is 5.92 Å². The lowest BCUT2D eigenvalue weighted by atomic mass is 9.99. The summed E-state index contributed by atoms with van der Waals surface area (Å²) in [5.74, 6) is 1.06. The second kappa shape index (κ2) is 4.58. The lowest BCUT2D eigenvalue weighted by Gasteiger charge is -2.07. The summed E-state index contributed by atoms with van der Waals surface area (Å²) in [7, 11) is 0. The third-order valence-corrected chi connectivity index (χ3v) is 2.91. The van der Waals surface area contributed by atoms with E-state index in [4.69, 9.17) is 0 Å². The fraction of sp³-hybridized carbons (Fsp3) is 0.818. The smallest absolute Gasteiger partial charge is 0.0321 e. The van der Waals surface area contributed by atoms with Crippen molar-refractivity contribution in [1.82, 2.24) is 0 Å². The van der Waals surface area contributed by atoms with Gasteiger partial charge in [-0.2, -0.15) is 0 Å². The third kappa shape index (κ3) is 3.09. The molecule has 64 valence electrons. The van der Waals surface area contributed by atoms with Crippen molar-refractivity contribution in [2.45, 2.75) is 52.4 Å². The highest BCUT2D eigenvalue weighted by molar-refractivity contribution is 4.95. The van der Waals surface area contributed by atoms with Crippen LogP contribution in [-0.4, -0.2) is 0 Å². The quantitative estimate of drug-likeness (QED) is 0.538. The minimum Gasteiger partial charge on any atom is -0.0887 e. The standard InChI is InChI=1S/C11H20/c1-3-10(2)8-9-11-6-4-5-7-11/h3,11H,4-9H2,1-2H3/b10-3+. The van der Waals surface area contributed by atoms with Crippen LogP contribution in [0.1, 0.15) is 52.4 Å². The van der Waals surface area contributed by atoms with Crippen molar-refractivity contribution in [3.63, 3.8) is 0 Å². The largest absolute Gasteiger partial charge is 0.0887 e. The Morgan fingerprint density at radius 1 is 1.36 bits per heavy atom. The minimum absolute atomic E-state index is 1.06. The SMILES string of the molecule is C/C=C(\C)CCC1CCCC1. The molecule has 1 rings (SSSR count). The summed E-state index contributed by atoms with van der Waals surface area (Å²) in [6, 6.07) is 0. The van der Waals surface area contributed by atoms with Crippen LogP contribution in [0.3, 0.4) is 0 Å². The Balaban J connectivity index is 2.11. The van der Waals surface area contributed by atoms with Gasteiger partial charge in [-0.25, -0.2) is 0 Å². The van der Waals surface area contributed by atoms with Gasteiger partial charge in [0.1, 0.15) is 0 Å². The molecule has 0 heterocycles. The second-order valence-electron chi connectivity index (χ2n) is 3.82. The van der Waals surface area contributed by atoms with Crippen LogP contribution < -0.4 is 0 Å². The molecule has 0 saturated heterocycles. The van der Waals surface area contributed by atoms with Crippen molar-refractivity contribution in [1.29, 1.82) is 0 Å². The molecular weight excluding hydrogens is 132 g/mol. The number of rotatable bonds is 3. The van der Waals surface area contributed by atoms with E-state index in [-0.39, 0.29) is 0 Å². The van der Waals surface area contributed by atoms with E-state index in [1.165, 1.54) is 38.5 Å². The molecule has 0 aliphatic heterocycles. The van der Waals surface area contributed by atoms with Crippen LogP contribution in [0.25, 0.3) is 0 Å². The summed E-state index contributed by atoms with van der Waals surface area (Å²) in [6.07, 6.45) is 11.0. The van der Waals surface area contributed by atoms with E-state index in [9.17, 15) is 0 Å². The van der Waals surface area contributed by atoms with Gasteiger partial charge in [-0.15, -0.1) is 0 Å². The predicted molar refractivity (Wildman–Crippen MR) is 50.6 cm³/mol. The molecule has 0 aromatic rings. The molecule has 0 N–H and O–H groups in total.